The summed E-state index contributed by atoms with van der Waals surface area (Å²) in [6, 6.07) is 13.6. The molecule has 1 N–H and O–H groups in total. The highest BCUT2D eigenvalue weighted by molar-refractivity contribution is 8.18. The normalized spacial score (nSPS) is 20.4. The zero-order chi connectivity index (χ0) is 21.5. The minimum absolute atomic E-state index is 0.0152. The molecule has 30 heavy (non-hydrogen) atoms. The summed E-state index contributed by atoms with van der Waals surface area (Å²) in [5, 5.41) is 4.00. The van der Waals surface area contributed by atoms with Gasteiger partial charge < -0.3 is 10.2 Å². The molecule has 0 aromatic heterocycles. The van der Waals surface area contributed by atoms with Crippen molar-refractivity contribution < 1.29 is 4.79 Å². The van der Waals surface area contributed by atoms with E-state index in [1.807, 2.05) is 18.2 Å². The molecule has 2 aromatic carbocycles. The van der Waals surface area contributed by atoms with Crippen molar-refractivity contribution in [3.8, 4) is 0 Å². The number of amidine groups is 1. The Hall–Kier alpha value is -2.50. The Balaban J connectivity index is 1.63. The molecule has 2 heterocycles. The first-order chi connectivity index (χ1) is 14.3. The maximum absolute atomic E-state index is 12.5. The number of likely N-dealkylation sites (N-methyl/N-ethyl adjacent to an activating group) is 1. The molecular formula is C24H24ClN3OS. The first-order valence-corrected chi connectivity index (χ1v) is 11.1. The molecule has 154 valence electrons. The summed E-state index contributed by atoms with van der Waals surface area (Å²) < 4.78 is 0. The molecule has 2 aromatic rings. The summed E-state index contributed by atoms with van der Waals surface area (Å²) in [7, 11) is 0. The average Bonchev–Trinajstić information content (AvgIpc) is 3.00. The van der Waals surface area contributed by atoms with E-state index in [0.717, 1.165) is 12.1 Å². The SMILES string of the molecule is CCN1c2ccc(/C=C3\SC(=Nc4cccc(Cl)c4)NC3=O)cc2C(C)=CC1(C)C. The molecule has 0 atom stereocenters. The van der Waals surface area contributed by atoms with E-state index in [4.69, 9.17) is 11.6 Å². The number of carbonyl (C=O) groups is 1. The third kappa shape index (κ3) is 4.05. The predicted molar refractivity (Wildman–Crippen MR) is 129 cm³/mol. The number of allylic oxidation sites excluding steroid dienone is 1. The third-order valence-corrected chi connectivity index (χ3v) is 6.45. The third-order valence-electron chi connectivity index (χ3n) is 5.31. The minimum atomic E-state index is -0.137. The zero-order valence-electron chi connectivity index (χ0n) is 17.5. The Morgan fingerprint density at radius 2 is 2.03 bits per heavy atom. The second kappa shape index (κ2) is 7.97. The van der Waals surface area contributed by atoms with Crippen LogP contribution in [0.15, 0.2) is 58.4 Å². The predicted octanol–water partition coefficient (Wildman–Crippen LogP) is 6.25. The molecule has 0 unspecified atom stereocenters. The van der Waals surface area contributed by atoms with E-state index in [1.54, 1.807) is 12.1 Å². The molecular weight excluding hydrogens is 414 g/mol. The van der Waals surface area contributed by atoms with Crippen molar-refractivity contribution in [3.05, 3.63) is 69.6 Å². The highest BCUT2D eigenvalue weighted by Crippen LogP contribution is 2.39. The molecule has 2 aliphatic heterocycles. The minimum Gasteiger partial charge on any atom is -0.363 e. The Morgan fingerprint density at radius 3 is 2.77 bits per heavy atom. The number of aliphatic imine (C=N–C) groups is 1. The van der Waals surface area contributed by atoms with Crippen molar-refractivity contribution >= 4 is 57.5 Å². The number of benzene rings is 2. The number of rotatable bonds is 3. The van der Waals surface area contributed by atoms with Gasteiger partial charge in [-0.3, -0.25) is 4.79 Å². The number of hydrogen-bond acceptors (Lipinski definition) is 4. The summed E-state index contributed by atoms with van der Waals surface area (Å²) in [6.45, 7) is 9.73. The van der Waals surface area contributed by atoms with E-state index in [2.05, 4.69) is 67.2 Å². The fourth-order valence-corrected chi connectivity index (χ4v) is 5.09. The molecule has 2 aliphatic rings. The molecule has 1 amide bonds. The second-order valence-corrected chi connectivity index (χ2v) is 9.43. The van der Waals surface area contributed by atoms with Crippen LogP contribution in [-0.2, 0) is 4.79 Å². The van der Waals surface area contributed by atoms with E-state index >= 15 is 0 Å². The monoisotopic (exact) mass is 437 g/mol. The summed E-state index contributed by atoms with van der Waals surface area (Å²) in [5.41, 5.74) is 5.39. The van der Waals surface area contributed by atoms with Crippen LogP contribution >= 0.6 is 23.4 Å². The average molecular weight is 438 g/mol. The quantitative estimate of drug-likeness (QED) is 0.577. The highest BCUT2D eigenvalue weighted by Gasteiger charge is 2.30. The number of nitrogens with one attached hydrogen (secondary N) is 1. The Kier molecular flexibility index (Phi) is 5.51. The zero-order valence-corrected chi connectivity index (χ0v) is 19.1. The number of amides is 1. The largest absolute Gasteiger partial charge is 0.363 e. The van der Waals surface area contributed by atoms with Gasteiger partial charge in [-0.05, 0) is 87.0 Å². The van der Waals surface area contributed by atoms with Crippen LogP contribution in [0.4, 0.5) is 11.4 Å². The molecule has 4 nitrogen and oxygen atoms in total. The highest BCUT2D eigenvalue weighted by atomic mass is 35.5. The number of nitrogens with zero attached hydrogens (tertiary/aromatic N) is 2. The van der Waals surface area contributed by atoms with Crippen molar-refractivity contribution in [2.75, 3.05) is 11.4 Å². The van der Waals surface area contributed by atoms with Gasteiger partial charge in [-0.15, -0.1) is 0 Å². The Labute approximate surface area is 186 Å². The summed E-state index contributed by atoms with van der Waals surface area (Å²) >= 11 is 7.36. The molecule has 6 heteroatoms. The Morgan fingerprint density at radius 1 is 1.23 bits per heavy atom. The molecule has 0 bridgehead atoms. The van der Waals surface area contributed by atoms with Gasteiger partial charge in [0.05, 0.1) is 16.1 Å². The van der Waals surface area contributed by atoms with Crippen molar-refractivity contribution in [2.45, 2.75) is 33.2 Å². The lowest BCUT2D eigenvalue weighted by Gasteiger charge is -2.42. The van der Waals surface area contributed by atoms with Gasteiger partial charge in [0.25, 0.3) is 5.91 Å². The first kappa shape index (κ1) is 20.8. The van der Waals surface area contributed by atoms with Gasteiger partial charge in [-0.25, -0.2) is 4.99 Å². The summed E-state index contributed by atoms with van der Waals surface area (Å²) in [6.07, 6.45) is 4.23. The van der Waals surface area contributed by atoms with Crippen molar-refractivity contribution in [2.24, 2.45) is 4.99 Å². The van der Waals surface area contributed by atoms with Crippen LogP contribution in [0.25, 0.3) is 11.6 Å². The van der Waals surface area contributed by atoms with Gasteiger partial charge in [0, 0.05) is 22.8 Å². The summed E-state index contributed by atoms with van der Waals surface area (Å²) in [4.78, 5) is 20.0. The van der Waals surface area contributed by atoms with E-state index in [-0.39, 0.29) is 11.4 Å². The molecule has 0 saturated carbocycles. The number of hydrogen-bond donors (Lipinski definition) is 1. The van der Waals surface area contributed by atoms with Gasteiger partial charge in [0.1, 0.15) is 0 Å². The van der Waals surface area contributed by atoms with Crippen LogP contribution < -0.4 is 10.2 Å². The fraction of sp³-hybridized carbons (Fsp3) is 0.250. The lowest BCUT2D eigenvalue weighted by Crippen LogP contribution is -2.44. The Bertz CT molecular complexity index is 1120. The van der Waals surface area contributed by atoms with E-state index in [0.29, 0.717) is 20.8 Å². The van der Waals surface area contributed by atoms with Crippen LogP contribution in [0.3, 0.4) is 0 Å². The molecule has 1 fully saturated rings. The number of halogens is 1. The van der Waals surface area contributed by atoms with Crippen LogP contribution in [0, 0.1) is 0 Å². The topological polar surface area (TPSA) is 44.7 Å². The summed E-state index contributed by atoms with van der Waals surface area (Å²) in [5.74, 6) is -0.137. The van der Waals surface area contributed by atoms with Gasteiger partial charge in [-0.2, -0.15) is 0 Å². The standard InChI is InChI=1S/C24H24ClN3OS/c1-5-28-20-10-9-16(11-19(20)15(2)14-24(28,3)4)12-21-22(29)27-23(30-21)26-18-8-6-7-17(25)13-18/h6-14H,5H2,1-4H3,(H,26,27,29)/b21-12-. The van der Waals surface area contributed by atoms with Crippen LogP contribution in [-0.4, -0.2) is 23.2 Å². The number of anilines is 1. The molecule has 0 radical (unpaired) electrons. The number of fused-ring (bicyclic) bond motifs is 1. The number of thioether (sulfide) groups is 1. The van der Waals surface area contributed by atoms with Crippen molar-refractivity contribution in [1.82, 2.24) is 5.32 Å². The molecule has 0 spiro atoms. The first-order valence-electron chi connectivity index (χ1n) is 9.93. The molecule has 4 rings (SSSR count). The lowest BCUT2D eigenvalue weighted by molar-refractivity contribution is -0.115. The van der Waals surface area contributed by atoms with Crippen molar-refractivity contribution in [3.63, 3.8) is 0 Å². The van der Waals surface area contributed by atoms with Crippen LogP contribution in [0.1, 0.15) is 38.8 Å². The second-order valence-electron chi connectivity index (χ2n) is 7.96. The van der Waals surface area contributed by atoms with E-state index < -0.39 is 0 Å². The van der Waals surface area contributed by atoms with Crippen LogP contribution in [0.5, 0.6) is 0 Å². The van der Waals surface area contributed by atoms with Crippen LogP contribution in [0.2, 0.25) is 5.02 Å². The van der Waals surface area contributed by atoms with Gasteiger partial charge >= 0.3 is 0 Å². The smallest absolute Gasteiger partial charge is 0.264 e. The van der Waals surface area contributed by atoms with E-state index in [9.17, 15) is 4.79 Å². The molecule has 0 aliphatic carbocycles. The lowest BCUT2D eigenvalue weighted by atomic mass is 9.88. The number of carbonyl (C=O) groups excluding carboxylic acids is 1. The van der Waals surface area contributed by atoms with Crippen molar-refractivity contribution in [1.29, 1.82) is 0 Å². The maximum atomic E-state index is 12.5. The maximum Gasteiger partial charge on any atom is 0.264 e. The van der Waals surface area contributed by atoms with Gasteiger partial charge in [0.15, 0.2) is 5.17 Å². The van der Waals surface area contributed by atoms with Gasteiger partial charge in [0.2, 0.25) is 0 Å². The van der Waals surface area contributed by atoms with E-state index in [1.165, 1.54) is 28.6 Å². The van der Waals surface area contributed by atoms with Gasteiger partial charge in [-0.1, -0.05) is 29.8 Å². The molecule has 1 saturated heterocycles. The fourth-order valence-electron chi connectivity index (χ4n) is 4.06.